The summed E-state index contributed by atoms with van der Waals surface area (Å²) < 4.78 is 14.3. The van der Waals surface area contributed by atoms with Gasteiger partial charge in [0.15, 0.2) is 11.4 Å². The predicted octanol–water partition coefficient (Wildman–Crippen LogP) is 5.23. The fourth-order valence-electron chi connectivity index (χ4n) is 3.64. The van der Waals surface area contributed by atoms with Gasteiger partial charge in [-0.1, -0.05) is 13.2 Å². The lowest BCUT2D eigenvalue weighted by Gasteiger charge is -2.28. The van der Waals surface area contributed by atoms with Gasteiger partial charge in [-0.25, -0.2) is 14.8 Å². The van der Waals surface area contributed by atoms with Gasteiger partial charge in [-0.15, -0.1) is 0 Å². The lowest BCUT2D eigenvalue weighted by atomic mass is 10.0. The zero-order valence-corrected chi connectivity index (χ0v) is 19.2. The van der Waals surface area contributed by atoms with E-state index in [1.807, 2.05) is 46.1 Å². The second-order valence-corrected chi connectivity index (χ2v) is 9.55. The van der Waals surface area contributed by atoms with Gasteiger partial charge in [0.05, 0.1) is 11.4 Å². The van der Waals surface area contributed by atoms with E-state index in [0.29, 0.717) is 35.9 Å². The van der Waals surface area contributed by atoms with Gasteiger partial charge >= 0.3 is 5.97 Å². The van der Waals surface area contributed by atoms with Gasteiger partial charge in [-0.05, 0) is 66.5 Å². The Kier molecular flexibility index (Phi) is 5.74. The molecule has 7 heteroatoms. The van der Waals surface area contributed by atoms with Gasteiger partial charge in [0.1, 0.15) is 22.6 Å². The van der Waals surface area contributed by atoms with E-state index in [1.54, 1.807) is 12.2 Å². The first-order chi connectivity index (χ1) is 14.4. The second-order valence-electron chi connectivity index (χ2n) is 9.55. The van der Waals surface area contributed by atoms with Gasteiger partial charge in [-0.3, -0.25) is 0 Å². The smallest absolute Gasteiger partial charge is 0.345 e. The van der Waals surface area contributed by atoms with E-state index in [0.717, 1.165) is 17.7 Å². The number of hydrogen-bond donors (Lipinski definition) is 1. The van der Waals surface area contributed by atoms with Crippen molar-refractivity contribution in [2.24, 2.45) is 0 Å². The Hall–Kier alpha value is -3.09. The first-order valence-electron chi connectivity index (χ1n) is 10.4. The maximum atomic E-state index is 12.3. The molecule has 31 heavy (non-hydrogen) atoms. The van der Waals surface area contributed by atoms with Crippen molar-refractivity contribution < 1.29 is 19.4 Å². The highest BCUT2D eigenvalue weighted by Crippen LogP contribution is 2.42. The molecule has 0 aromatic carbocycles. The predicted molar refractivity (Wildman–Crippen MR) is 122 cm³/mol. The summed E-state index contributed by atoms with van der Waals surface area (Å²) in [5.74, 6) is -0.192. The topological polar surface area (TPSA) is 86.5 Å². The van der Waals surface area contributed by atoms with Crippen molar-refractivity contribution in [3.63, 3.8) is 0 Å². The van der Waals surface area contributed by atoms with E-state index in [4.69, 9.17) is 19.4 Å². The molecule has 1 N–H and O–H groups in total. The Labute approximate surface area is 183 Å². The van der Waals surface area contributed by atoms with E-state index < -0.39 is 17.2 Å². The number of pyridine rings is 1. The van der Waals surface area contributed by atoms with E-state index in [2.05, 4.69) is 13.2 Å². The lowest BCUT2D eigenvalue weighted by Crippen LogP contribution is -2.28. The Balaban J connectivity index is 2.42. The molecule has 3 heterocycles. The third-order valence-electron chi connectivity index (χ3n) is 4.68. The molecule has 0 spiro atoms. The monoisotopic (exact) mass is 425 g/mol. The molecule has 2 aromatic rings. The van der Waals surface area contributed by atoms with Gasteiger partial charge in [0.25, 0.3) is 0 Å². The summed E-state index contributed by atoms with van der Waals surface area (Å²) in [5, 5.41) is 10.1. The maximum absolute atomic E-state index is 12.3. The van der Waals surface area contributed by atoms with Crippen LogP contribution >= 0.6 is 0 Å². The van der Waals surface area contributed by atoms with Crippen LogP contribution in [-0.4, -0.2) is 36.8 Å². The Morgan fingerprint density at radius 3 is 2.23 bits per heavy atom. The van der Waals surface area contributed by atoms with E-state index in [9.17, 15) is 9.90 Å². The van der Waals surface area contributed by atoms with Crippen molar-refractivity contribution in [1.82, 2.24) is 14.5 Å². The minimum absolute atomic E-state index is 0.0229. The molecule has 0 amide bonds. The summed E-state index contributed by atoms with van der Waals surface area (Å²) >= 11 is 0. The lowest BCUT2D eigenvalue weighted by molar-refractivity contribution is 0.0655. The molecule has 166 valence electrons. The summed E-state index contributed by atoms with van der Waals surface area (Å²) in [6.45, 7) is 19.7. The van der Waals surface area contributed by atoms with E-state index in [-0.39, 0.29) is 11.4 Å². The van der Waals surface area contributed by atoms with Crippen LogP contribution in [-0.2, 0) is 13.0 Å². The molecule has 1 aliphatic rings. The molecule has 0 aliphatic carbocycles. The summed E-state index contributed by atoms with van der Waals surface area (Å²) in [4.78, 5) is 21.8. The van der Waals surface area contributed by atoms with Crippen LogP contribution in [0.3, 0.4) is 0 Å². The van der Waals surface area contributed by atoms with Crippen LogP contribution in [0.5, 0.6) is 11.6 Å². The molecule has 7 nitrogen and oxygen atoms in total. The number of imidazole rings is 1. The number of aromatic carboxylic acids is 1. The molecule has 0 radical (unpaired) electrons. The van der Waals surface area contributed by atoms with Crippen LogP contribution in [0.4, 0.5) is 0 Å². The van der Waals surface area contributed by atoms with Gasteiger partial charge in [-0.2, -0.15) is 0 Å². The average molecular weight is 426 g/mol. The minimum Gasteiger partial charge on any atom is -0.487 e. The highest BCUT2D eigenvalue weighted by Gasteiger charge is 2.34. The molecule has 0 unspecified atom stereocenters. The van der Waals surface area contributed by atoms with Crippen molar-refractivity contribution in [2.75, 3.05) is 0 Å². The first kappa shape index (κ1) is 22.6. The SMILES string of the molecule is C=Cc1nc2n(c1C=C)CCCc1c-2nc(OC(C)(C)C)c(C(=O)O)c1OC(C)(C)C. The number of nitrogens with zero attached hydrogens (tertiary/aromatic N) is 3. The van der Waals surface area contributed by atoms with Crippen LogP contribution < -0.4 is 9.47 Å². The number of fused-ring (bicyclic) bond motifs is 3. The Morgan fingerprint density at radius 2 is 1.71 bits per heavy atom. The summed E-state index contributed by atoms with van der Waals surface area (Å²) in [6, 6.07) is 0. The normalized spacial score (nSPS) is 13.6. The Morgan fingerprint density at radius 1 is 1.06 bits per heavy atom. The molecule has 0 saturated carbocycles. The fraction of sp³-hybridized carbons (Fsp3) is 0.458. The summed E-state index contributed by atoms with van der Waals surface area (Å²) in [7, 11) is 0. The number of ether oxygens (including phenoxy) is 2. The highest BCUT2D eigenvalue weighted by molar-refractivity contribution is 5.95. The number of aromatic nitrogens is 3. The van der Waals surface area contributed by atoms with Crippen molar-refractivity contribution in [3.8, 4) is 23.1 Å². The van der Waals surface area contributed by atoms with E-state index >= 15 is 0 Å². The number of carboxylic acid groups (broad SMARTS) is 1. The van der Waals surface area contributed by atoms with E-state index in [1.165, 1.54) is 0 Å². The largest absolute Gasteiger partial charge is 0.487 e. The standard InChI is InChI=1S/C24H31N3O4/c1-9-15-16(10-2)27-13-11-12-14-18(20(27)25-15)26-21(31-24(6,7)8)17(22(28)29)19(14)30-23(3,4)5/h9-10H,1-2,11-13H2,3-8H3,(H,28,29). The van der Waals surface area contributed by atoms with Crippen molar-refractivity contribution in [1.29, 1.82) is 0 Å². The average Bonchev–Trinajstić information content (AvgIpc) is 2.88. The van der Waals surface area contributed by atoms with Gasteiger partial charge in [0, 0.05) is 12.1 Å². The zero-order valence-electron chi connectivity index (χ0n) is 19.2. The van der Waals surface area contributed by atoms with Gasteiger partial charge < -0.3 is 19.1 Å². The molecule has 0 atom stereocenters. The van der Waals surface area contributed by atoms with Crippen molar-refractivity contribution in [2.45, 2.75) is 72.1 Å². The third kappa shape index (κ3) is 4.50. The molecule has 1 aliphatic heterocycles. The first-order valence-corrected chi connectivity index (χ1v) is 10.4. The molecule has 3 rings (SSSR count). The molecular formula is C24H31N3O4. The maximum Gasteiger partial charge on any atom is 0.345 e. The molecular weight excluding hydrogens is 394 g/mol. The molecule has 2 aromatic heterocycles. The number of hydrogen-bond acceptors (Lipinski definition) is 5. The second kappa shape index (κ2) is 7.87. The number of carboxylic acids is 1. The summed E-state index contributed by atoms with van der Waals surface area (Å²) in [5.41, 5.74) is 1.54. The van der Waals surface area contributed by atoms with Crippen LogP contribution in [0, 0.1) is 0 Å². The molecule has 0 fully saturated rings. The van der Waals surface area contributed by atoms with Crippen LogP contribution in [0.15, 0.2) is 13.2 Å². The summed E-state index contributed by atoms with van der Waals surface area (Å²) in [6.07, 6.45) is 4.81. The van der Waals surface area contributed by atoms with Crippen molar-refractivity contribution in [3.05, 3.63) is 35.7 Å². The quantitative estimate of drug-likeness (QED) is 0.706. The molecule has 0 bridgehead atoms. The van der Waals surface area contributed by atoms with Crippen LogP contribution in [0.2, 0.25) is 0 Å². The fourth-order valence-corrected chi connectivity index (χ4v) is 3.64. The zero-order chi connectivity index (χ0) is 23.1. The van der Waals surface area contributed by atoms with Gasteiger partial charge in [0.2, 0.25) is 5.88 Å². The number of carbonyl (C=O) groups is 1. The number of rotatable bonds is 5. The van der Waals surface area contributed by atoms with Crippen molar-refractivity contribution >= 4 is 18.1 Å². The minimum atomic E-state index is -1.14. The molecule has 0 saturated heterocycles. The third-order valence-corrected chi connectivity index (χ3v) is 4.68. The van der Waals surface area contributed by atoms with Crippen LogP contribution in [0.1, 0.15) is 75.3 Å². The Bertz CT molecular complexity index is 1050. The highest BCUT2D eigenvalue weighted by atomic mass is 16.5. The van der Waals surface area contributed by atoms with Crippen LogP contribution in [0.25, 0.3) is 23.7 Å².